The van der Waals surface area contributed by atoms with Gasteiger partial charge in [-0.1, -0.05) is 19.4 Å². The molecule has 1 N–H and O–H groups in total. The molecular formula is C21H25F2N3O2. The Morgan fingerprint density at radius 2 is 1.96 bits per heavy atom. The predicted molar refractivity (Wildman–Crippen MR) is 104 cm³/mol. The van der Waals surface area contributed by atoms with Crippen LogP contribution in [0.5, 0.6) is 0 Å². The Balaban J connectivity index is 1.80. The van der Waals surface area contributed by atoms with Crippen molar-refractivity contribution in [2.45, 2.75) is 33.2 Å². The lowest BCUT2D eigenvalue weighted by molar-refractivity contribution is 0.0948. The Labute approximate surface area is 163 Å². The van der Waals surface area contributed by atoms with Crippen LogP contribution in [0.15, 0.2) is 24.3 Å². The standard InChI is InChI=1S/C21H25F2N3O2/c1-3-4-18-20(14(2)11-19(25-18)26-7-9-28-10-8-26)21(27)24-13-15-5-6-16(22)17(23)12-15/h5-6,11-12H,3-4,7-10,13H2,1-2H3,(H,24,27). The zero-order valence-electron chi connectivity index (χ0n) is 16.2. The summed E-state index contributed by atoms with van der Waals surface area (Å²) in [7, 11) is 0. The van der Waals surface area contributed by atoms with Crippen LogP contribution in [-0.4, -0.2) is 37.2 Å². The van der Waals surface area contributed by atoms with Crippen molar-refractivity contribution < 1.29 is 18.3 Å². The van der Waals surface area contributed by atoms with Gasteiger partial charge in [-0.25, -0.2) is 13.8 Å². The Morgan fingerprint density at radius 3 is 2.64 bits per heavy atom. The normalized spacial score (nSPS) is 14.2. The number of ether oxygens (including phenoxy) is 1. The average molecular weight is 389 g/mol. The second-order valence-electron chi connectivity index (χ2n) is 6.90. The van der Waals surface area contributed by atoms with Gasteiger partial charge in [0.2, 0.25) is 0 Å². The summed E-state index contributed by atoms with van der Waals surface area (Å²) >= 11 is 0. The maximum absolute atomic E-state index is 13.4. The first-order chi connectivity index (χ1) is 13.5. The number of pyridine rings is 1. The Hall–Kier alpha value is -2.54. The fraction of sp³-hybridized carbons (Fsp3) is 0.429. The number of hydrogen-bond acceptors (Lipinski definition) is 4. The summed E-state index contributed by atoms with van der Waals surface area (Å²) in [5.74, 6) is -1.22. The molecule has 1 aliphatic heterocycles. The molecule has 0 bridgehead atoms. The number of aromatic nitrogens is 1. The van der Waals surface area contributed by atoms with E-state index in [0.717, 1.165) is 48.7 Å². The van der Waals surface area contributed by atoms with Gasteiger partial charge in [0.15, 0.2) is 11.6 Å². The number of carbonyl (C=O) groups excluding carboxylic acids is 1. The van der Waals surface area contributed by atoms with Crippen LogP contribution in [0.4, 0.5) is 14.6 Å². The molecule has 1 amide bonds. The number of carbonyl (C=O) groups is 1. The topological polar surface area (TPSA) is 54.5 Å². The van der Waals surface area contributed by atoms with E-state index >= 15 is 0 Å². The summed E-state index contributed by atoms with van der Waals surface area (Å²) in [5, 5.41) is 2.80. The summed E-state index contributed by atoms with van der Waals surface area (Å²) in [6.45, 7) is 6.95. The molecule has 2 heterocycles. The Kier molecular flexibility index (Phi) is 6.57. The number of morpholine rings is 1. The highest BCUT2D eigenvalue weighted by Gasteiger charge is 2.20. The average Bonchev–Trinajstić information content (AvgIpc) is 2.69. The van der Waals surface area contributed by atoms with Crippen LogP contribution in [0.25, 0.3) is 0 Å². The van der Waals surface area contributed by atoms with Crippen molar-refractivity contribution in [2.24, 2.45) is 0 Å². The third-order valence-corrected chi connectivity index (χ3v) is 4.76. The van der Waals surface area contributed by atoms with Gasteiger partial charge in [-0.2, -0.15) is 0 Å². The van der Waals surface area contributed by atoms with Gasteiger partial charge >= 0.3 is 0 Å². The summed E-state index contributed by atoms with van der Waals surface area (Å²) < 4.78 is 31.8. The minimum atomic E-state index is -0.925. The van der Waals surface area contributed by atoms with Gasteiger partial charge in [-0.05, 0) is 42.7 Å². The number of hydrogen-bond donors (Lipinski definition) is 1. The molecule has 1 fully saturated rings. The van der Waals surface area contributed by atoms with E-state index in [9.17, 15) is 13.6 Å². The van der Waals surface area contributed by atoms with Crippen LogP contribution in [0.3, 0.4) is 0 Å². The minimum absolute atomic E-state index is 0.117. The molecule has 1 saturated heterocycles. The van der Waals surface area contributed by atoms with Crippen LogP contribution in [0.1, 0.15) is 40.5 Å². The SMILES string of the molecule is CCCc1nc(N2CCOCC2)cc(C)c1C(=O)NCc1ccc(F)c(F)c1. The summed E-state index contributed by atoms with van der Waals surface area (Å²) in [4.78, 5) is 19.7. The van der Waals surface area contributed by atoms with Crippen LogP contribution in [0.2, 0.25) is 0 Å². The molecule has 28 heavy (non-hydrogen) atoms. The van der Waals surface area contributed by atoms with Crippen LogP contribution in [0, 0.1) is 18.6 Å². The first-order valence-corrected chi connectivity index (χ1v) is 9.55. The molecule has 1 aromatic heterocycles. The molecule has 7 heteroatoms. The van der Waals surface area contributed by atoms with Gasteiger partial charge in [0, 0.05) is 19.6 Å². The van der Waals surface area contributed by atoms with Crippen molar-refractivity contribution in [3.8, 4) is 0 Å². The lowest BCUT2D eigenvalue weighted by Crippen LogP contribution is -2.37. The van der Waals surface area contributed by atoms with E-state index < -0.39 is 11.6 Å². The van der Waals surface area contributed by atoms with E-state index in [1.165, 1.54) is 6.07 Å². The molecule has 3 rings (SSSR count). The van der Waals surface area contributed by atoms with E-state index in [1.807, 2.05) is 19.9 Å². The lowest BCUT2D eigenvalue weighted by atomic mass is 10.0. The maximum Gasteiger partial charge on any atom is 0.253 e. The quantitative estimate of drug-likeness (QED) is 0.823. The van der Waals surface area contributed by atoms with E-state index in [4.69, 9.17) is 9.72 Å². The van der Waals surface area contributed by atoms with Crippen LogP contribution >= 0.6 is 0 Å². The van der Waals surface area contributed by atoms with Crippen molar-refractivity contribution in [3.05, 3.63) is 58.3 Å². The fourth-order valence-corrected chi connectivity index (χ4v) is 3.32. The number of anilines is 1. The molecule has 0 atom stereocenters. The Morgan fingerprint density at radius 1 is 1.21 bits per heavy atom. The molecular weight excluding hydrogens is 364 g/mol. The fourth-order valence-electron chi connectivity index (χ4n) is 3.32. The molecule has 1 aromatic carbocycles. The molecule has 0 saturated carbocycles. The molecule has 150 valence electrons. The van der Waals surface area contributed by atoms with Gasteiger partial charge in [-0.3, -0.25) is 4.79 Å². The van der Waals surface area contributed by atoms with Gasteiger partial charge in [0.25, 0.3) is 5.91 Å². The second kappa shape index (κ2) is 9.10. The summed E-state index contributed by atoms with van der Waals surface area (Å²) in [6.07, 6.45) is 1.55. The van der Waals surface area contributed by atoms with Gasteiger partial charge < -0.3 is 15.0 Å². The number of aryl methyl sites for hydroxylation is 2. The van der Waals surface area contributed by atoms with E-state index in [1.54, 1.807) is 0 Å². The zero-order valence-corrected chi connectivity index (χ0v) is 16.2. The highest BCUT2D eigenvalue weighted by molar-refractivity contribution is 5.97. The molecule has 0 unspecified atom stereocenters. The third kappa shape index (κ3) is 4.65. The minimum Gasteiger partial charge on any atom is -0.378 e. The van der Waals surface area contributed by atoms with Gasteiger partial charge in [-0.15, -0.1) is 0 Å². The van der Waals surface area contributed by atoms with Crippen LogP contribution in [-0.2, 0) is 17.7 Å². The predicted octanol–water partition coefficient (Wildman–Crippen LogP) is 3.39. The summed E-state index contributed by atoms with van der Waals surface area (Å²) in [5.41, 5.74) is 2.66. The van der Waals surface area contributed by atoms with Crippen molar-refractivity contribution in [1.29, 1.82) is 0 Å². The molecule has 0 radical (unpaired) electrons. The number of halogens is 2. The smallest absolute Gasteiger partial charge is 0.253 e. The largest absolute Gasteiger partial charge is 0.378 e. The first-order valence-electron chi connectivity index (χ1n) is 9.55. The summed E-state index contributed by atoms with van der Waals surface area (Å²) in [6, 6.07) is 5.54. The molecule has 2 aromatic rings. The number of benzene rings is 1. The van der Waals surface area contributed by atoms with Crippen molar-refractivity contribution in [2.75, 3.05) is 31.2 Å². The van der Waals surface area contributed by atoms with Crippen molar-refractivity contribution in [3.63, 3.8) is 0 Å². The van der Waals surface area contributed by atoms with E-state index in [-0.39, 0.29) is 12.5 Å². The van der Waals surface area contributed by atoms with Crippen molar-refractivity contribution in [1.82, 2.24) is 10.3 Å². The first kappa shape index (κ1) is 20.2. The highest BCUT2D eigenvalue weighted by Crippen LogP contribution is 2.22. The molecule has 1 aliphatic rings. The van der Waals surface area contributed by atoms with Gasteiger partial charge in [0.05, 0.1) is 24.5 Å². The molecule has 0 spiro atoms. The van der Waals surface area contributed by atoms with Gasteiger partial charge in [0.1, 0.15) is 5.82 Å². The number of nitrogens with one attached hydrogen (secondary N) is 1. The Bertz CT molecular complexity index is 852. The van der Waals surface area contributed by atoms with E-state index in [0.29, 0.717) is 30.8 Å². The number of rotatable bonds is 6. The monoisotopic (exact) mass is 389 g/mol. The maximum atomic E-state index is 13.4. The molecule has 5 nitrogen and oxygen atoms in total. The third-order valence-electron chi connectivity index (χ3n) is 4.76. The number of nitrogens with zero attached hydrogens (tertiary/aromatic N) is 2. The highest BCUT2D eigenvalue weighted by atomic mass is 19.2. The zero-order chi connectivity index (χ0) is 20.1. The number of amides is 1. The second-order valence-corrected chi connectivity index (χ2v) is 6.90. The lowest BCUT2D eigenvalue weighted by Gasteiger charge is -2.29. The molecule has 0 aliphatic carbocycles. The van der Waals surface area contributed by atoms with E-state index in [2.05, 4.69) is 10.2 Å². The van der Waals surface area contributed by atoms with Crippen LogP contribution < -0.4 is 10.2 Å². The van der Waals surface area contributed by atoms with Crippen molar-refractivity contribution >= 4 is 11.7 Å².